The number of anilines is 1. The van der Waals surface area contributed by atoms with Crippen molar-refractivity contribution >= 4 is 28.9 Å². The Hall–Kier alpha value is -4.20. The van der Waals surface area contributed by atoms with Gasteiger partial charge in [-0.15, -0.1) is 0 Å². The monoisotopic (exact) mass is 388 g/mol. The minimum absolute atomic E-state index is 0.0600. The van der Waals surface area contributed by atoms with Crippen molar-refractivity contribution in [2.45, 2.75) is 0 Å². The Morgan fingerprint density at radius 1 is 1.07 bits per heavy atom. The molecule has 0 atom stereocenters. The van der Waals surface area contributed by atoms with E-state index in [-0.39, 0.29) is 17.0 Å². The van der Waals surface area contributed by atoms with E-state index in [1.165, 1.54) is 12.3 Å². The van der Waals surface area contributed by atoms with Crippen molar-refractivity contribution in [2.75, 3.05) is 12.4 Å². The number of aromatic nitrogens is 3. The molecule has 0 bridgehead atoms. The molecule has 8 heteroatoms. The molecule has 0 fully saturated rings. The number of methoxy groups -OCH3 is 1. The number of nitrogens with one attached hydrogen (secondary N) is 2. The van der Waals surface area contributed by atoms with Crippen LogP contribution in [0.2, 0.25) is 0 Å². The number of ether oxygens (including phenoxy) is 1. The number of carboxylic acids is 1. The maximum absolute atomic E-state index is 12.5. The summed E-state index contributed by atoms with van der Waals surface area (Å²) in [6, 6.07) is 15.6. The van der Waals surface area contributed by atoms with Crippen LogP contribution in [-0.2, 0) is 0 Å². The van der Waals surface area contributed by atoms with Crippen molar-refractivity contribution in [1.82, 2.24) is 15.0 Å². The lowest BCUT2D eigenvalue weighted by Gasteiger charge is -2.05. The Bertz CT molecular complexity index is 1200. The third-order valence-electron chi connectivity index (χ3n) is 4.39. The number of nitrogens with zero attached hydrogens (tertiary/aromatic N) is 2. The molecular formula is C21H16N4O4. The standard InChI is InChI=1S/C21H16N4O4/c1-29-14-8-5-12(6-9-14)16-10-7-13(11-22-16)19(26)25-21-23-17-4-2-3-15(20(27)28)18(17)24-21/h2-11H,1H3,(H,27,28)(H2,23,24,25,26). The normalized spacial score (nSPS) is 10.7. The molecule has 3 N–H and O–H groups in total. The van der Waals surface area contributed by atoms with E-state index >= 15 is 0 Å². The molecule has 0 spiro atoms. The molecule has 2 heterocycles. The molecule has 0 aliphatic heterocycles. The first-order valence-electron chi connectivity index (χ1n) is 8.69. The Morgan fingerprint density at radius 3 is 2.52 bits per heavy atom. The van der Waals surface area contributed by atoms with Gasteiger partial charge in [0.25, 0.3) is 5.91 Å². The maximum atomic E-state index is 12.5. The molecule has 0 aliphatic carbocycles. The minimum Gasteiger partial charge on any atom is -0.497 e. The summed E-state index contributed by atoms with van der Waals surface area (Å²) in [7, 11) is 1.60. The molecule has 1 amide bonds. The van der Waals surface area contributed by atoms with Crippen LogP contribution in [0, 0.1) is 0 Å². The summed E-state index contributed by atoms with van der Waals surface area (Å²) in [4.78, 5) is 35.2. The number of carbonyl (C=O) groups is 2. The SMILES string of the molecule is COc1ccc(-c2ccc(C(=O)Nc3nc4c(C(=O)O)cccc4[nH]3)cn2)cc1. The largest absolute Gasteiger partial charge is 0.497 e. The van der Waals surface area contributed by atoms with Crippen molar-refractivity contribution in [2.24, 2.45) is 0 Å². The molecule has 2 aromatic heterocycles. The van der Waals surface area contributed by atoms with Crippen LogP contribution in [0.3, 0.4) is 0 Å². The highest BCUT2D eigenvalue weighted by Crippen LogP contribution is 2.22. The molecule has 4 rings (SSSR count). The number of hydrogen-bond acceptors (Lipinski definition) is 5. The second kappa shape index (κ2) is 7.43. The van der Waals surface area contributed by atoms with E-state index in [0.29, 0.717) is 11.1 Å². The van der Waals surface area contributed by atoms with Crippen LogP contribution in [0.4, 0.5) is 5.95 Å². The van der Waals surface area contributed by atoms with Crippen LogP contribution in [0.1, 0.15) is 20.7 Å². The van der Waals surface area contributed by atoms with Crippen LogP contribution in [0.5, 0.6) is 5.75 Å². The van der Waals surface area contributed by atoms with E-state index in [9.17, 15) is 14.7 Å². The number of fused-ring (bicyclic) bond motifs is 1. The lowest BCUT2D eigenvalue weighted by Crippen LogP contribution is -2.13. The predicted molar refractivity (Wildman–Crippen MR) is 107 cm³/mol. The van der Waals surface area contributed by atoms with Gasteiger partial charge in [-0.25, -0.2) is 9.78 Å². The Balaban J connectivity index is 1.53. The molecule has 2 aromatic carbocycles. The van der Waals surface area contributed by atoms with E-state index in [0.717, 1.165) is 17.0 Å². The van der Waals surface area contributed by atoms with Crippen LogP contribution in [0.15, 0.2) is 60.8 Å². The summed E-state index contributed by atoms with van der Waals surface area (Å²) in [5.74, 6) is -0.576. The van der Waals surface area contributed by atoms with E-state index in [1.54, 1.807) is 31.4 Å². The van der Waals surface area contributed by atoms with Gasteiger partial charge in [-0.05, 0) is 48.5 Å². The maximum Gasteiger partial charge on any atom is 0.337 e. The smallest absolute Gasteiger partial charge is 0.337 e. The van der Waals surface area contributed by atoms with Gasteiger partial charge >= 0.3 is 5.97 Å². The summed E-state index contributed by atoms with van der Waals surface area (Å²) in [5, 5.41) is 11.9. The van der Waals surface area contributed by atoms with Crippen molar-refractivity contribution in [1.29, 1.82) is 0 Å². The number of H-pyrrole nitrogens is 1. The number of hydrogen-bond donors (Lipinski definition) is 3. The number of amides is 1. The summed E-state index contributed by atoms with van der Waals surface area (Å²) >= 11 is 0. The second-order valence-corrected chi connectivity index (χ2v) is 6.21. The third-order valence-corrected chi connectivity index (χ3v) is 4.39. The molecule has 8 nitrogen and oxygen atoms in total. The average Bonchev–Trinajstić information content (AvgIpc) is 3.16. The van der Waals surface area contributed by atoms with E-state index in [1.807, 2.05) is 24.3 Å². The Morgan fingerprint density at radius 2 is 1.86 bits per heavy atom. The molecular weight excluding hydrogens is 372 g/mol. The lowest BCUT2D eigenvalue weighted by atomic mass is 10.1. The number of para-hydroxylation sites is 1. The zero-order chi connectivity index (χ0) is 20.4. The first-order valence-corrected chi connectivity index (χ1v) is 8.69. The number of benzene rings is 2. The summed E-state index contributed by atoms with van der Waals surface area (Å²) < 4.78 is 5.14. The number of carbonyl (C=O) groups excluding carboxylic acids is 1. The topological polar surface area (TPSA) is 117 Å². The summed E-state index contributed by atoms with van der Waals surface area (Å²) in [6.45, 7) is 0. The zero-order valence-corrected chi connectivity index (χ0v) is 15.3. The molecule has 0 radical (unpaired) electrons. The molecule has 0 aliphatic rings. The fourth-order valence-corrected chi connectivity index (χ4v) is 2.90. The fourth-order valence-electron chi connectivity index (χ4n) is 2.90. The zero-order valence-electron chi connectivity index (χ0n) is 15.3. The van der Waals surface area contributed by atoms with E-state index in [2.05, 4.69) is 20.3 Å². The van der Waals surface area contributed by atoms with Crippen LogP contribution < -0.4 is 10.1 Å². The van der Waals surface area contributed by atoms with Gasteiger partial charge < -0.3 is 14.8 Å². The first-order chi connectivity index (χ1) is 14.0. The van der Waals surface area contributed by atoms with Crippen molar-refractivity contribution in [3.05, 3.63) is 71.9 Å². The number of pyridine rings is 1. The average molecular weight is 388 g/mol. The van der Waals surface area contributed by atoms with Gasteiger partial charge in [-0.1, -0.05) is 6.07 Å². The highest BCUT2D eigenvalue weighted by molar-refractivity contribution is 6.05. The van der Waals surface area contributed by atoms with Gasteiger partial charge in [0.2, 0.25) is 5.95 Å². The van der Waals surface area contributed by atoms with Gasteiger partial charge in [0.1, 0.15) is 11.3 Å². The number of aromatic amines is 1. The molecule has 0 saturated carbocycles. The van der Waals surface area contributed by atoms with Crippen molar-refractivity contribution < 1.29 is 19.4 Å². The lowest BCUT2D eigenvalue weighted by molar-refractivity contribution is 0.0698. The van der Waals surface area contributed by atoms with Crippen LogP contribution in [-0.4, -0.2) is 39.0 Å². The third kappa shape index (κ3) is 3.63. The van der Waals surface area contributed by atoms with Crippen LogP contribution in [0.25, 0.3) is 22.3 Å². The van der Waals surface area contributed by atoms with Gasteiger partial charge in [0, 0.05) is 11.8 Å². The number of carboxylic acid groups (broad SMARTS) is 1. The summed E-state index contributed by atoms with van der Waals surface area (Å²) in [6.07, 6.45) is 1.47. The summed E-state index contributed by atoms with van der Waals surface area (Å²) in [5.41, 5.74) is 2.83. The van der Waals surface area contributed by atoms with Gasteiger partial charge in [0.05, 0.1) is 29.4 Å². The Labute approximate surface area is 165 Å². The van der Waals surface area contributed by atoms with Gasteiger partial charge in [-0.3, -0.25) is 15.1 Å². The minimum atomic E-state index is -1.08. The van der Waals surface area contributed by atoms with E-state index in [4.69, 9.17) is 4.74 Å². The van der Waals surface area contributed by atoms with Crippen molar-refractivity contribution in [3.63, 3.8) is 0 Å². The van der Waals surface area contributed by atoms with Gasteiger partial charge in [0.15, 0.2) is 0 Å². The Kier molecular flexibility index (Phi) is 4.66. The highest BCUT2D eigenvalue weighted by atomic mass is 16.5. The molecule has 29 heavy (non-hydrogen) atoms. The molecule has 0 saturated heterocycles. The van der Waals surface area contributed by atoms with Crippen molar-refractivity contribution in [3.8, 4) is 17.0 Å². The number of rotatable bonds is 5. The first kappa shape index (κ1) is 18.2. The van der Waals surface area contributed by atoms with E-state index < -0.39 is 11.9 Å². The molecule has 144 valence electrons. The molecule has 0 unspecified atom stereocenters. The number of imidazole rings is 1. The predicted octanol–water partition coefficient (Wildman–Crippen LogP) is 3.58. The second-order valence-electron chi connectivity index (χ2n) is 6.21. The quantitative estimate of drug-likeness (QED) is 0.481. The molecule has 4 aromatic rings. The van der Waals surface area contributed by atoms with Crippen LogP contribution >= 0.6 is 0 Å². The number of aromatic carboxylic acids is 1. The van der Waals surface area contributed by atoms with Gasteiger partial charge in [-0.2, -0.15) is 0 Å². The fraction of sp³-hybridized carbons (Fsp3) is 0.0476. The highest BCUT2D eigenvalue weighted by Gasteiger charge is 2.14.